The van der Waals surface area contributed by atoms with Gasteiger partial charge in [-0.15, -0.1) is 0 Å². The van der Waals surface area contributed by atoms with Gasteiger partial charge in [-0.05, 0) is 25.9 Å². The van der Waals surface area contributed by atoms with E-state index in [1.165, 1.54) is 7.11 Å². The fourth-order valence-corrected chi connectivity index (χ4v) is 2.08. The molecule has 0 aromatic heterocycles. The van der Waals surface area contributed by atoms with Crippen LogP contribution in [-0.4, -0.2) is 49.7 Å². The molecule has 0 fully saturated rings. The van der Waals surface area contributed by atoms with Crippen LogP contribution in [0.1, 0.15) is 34.6 Å². The third-order valence-corrected chi connectivity index (χ3v) is 2.81. The summed E-state index contributed by atoms with van der Waals surface area (Å²) in [5.41, 5.74) is -0.617. The van der Waals surface area contributed by atoms with Gasteiger partial charge in [0.1, 0.15) is 5.54 Å². The number of hydrogen-bond acceptors (Lipinski definition) is 4. The van der Waals surface area contributed by atoms with E-state index in [4.69, 9.17) is 4.74 Å². The molecule has 1 atom stereocenters. The SMILES string of the molecule is CCNC(C)(CN(CC)CC(C)C)C(=O)OC. The maximum Gasteiger partial charge on any atom is 0.327 e. The Labute approximate surface area is 106 Å². The Kier molecular flexibility index (Phi) is 7.39. The van der Waals surface area contributed by atoms with Crippen LogP contribution >= 0.6 is 0 Å². The van der Waals surface area contributed by atoms with Crippen molar-refractivity contribution in [3.63, 3.8) is 0 Å². The zero-order valence-corrected chi connectivity index (χ0v) is 12.2. The topological polar surface area (TPSA) is 41.6 Å². The van der Waals surface area contributed by atoms with Crippen molar-refractivity contribution in [1.82, 2.24) is 10.2 Å². The number of rotatable bonds is 8. The molecule has 0 heterocycles. The molecule has 1 N–H and O–H groups in total. The van der Waals surface area contributed by atoms with Gasteiger partial charge in [-0.2, -0.15) is 0 Å². The fraction of sp³-hybridized carbons (Fsp3) is 0.923. The zero-order valence-electron chi connectivity index (χ0n) is 12.2. The predicted molar refractivity (Wildman–Crippen MR) is 71.0 cm³/mol. The molecule has 1 unspecified atom stereocenters. The third-order valence-electron chi connectivity index (χ3n) is 2.81. The Hall–Kier alpha value is -0.610. The van der Waals surface area contributed by atoms with Gasteiger partial charge in [0.05, 0.1) is 7.11 Å². The van der Waals surface area contributed by atoms with Gasteiger partial charge in [0.25, 0.3) is 0 Å². The van der Waals surface area contributed by atoms with Crippen molar-refractivity contribution in [2.24, 2.45) is 5.92 Å². The van der Waals surface area contributed by atoms with Gasteiger partial charge in [-0.1, -0.05) is 27.7 Å². The zero-order chi connectivity index (χ0) is 13.5. The van der Waals surface area contributed by atoms with Gasteiger partial charge < -0.3 is 15.0 Å². The second-order valence-electron chi connectivity index (χ2n) is 5.08. The minimum absolute atomic E-state index is 0.193. The molecule has 0 saturated heterocycles. The number of ether oxygens (including phenoxy) is 1. The number of hydrogen-bond donors (Lipinski definition) is 1. The molecule has 0 aliphatic rings. The molecule has 0 aliphatic carbocycles. The van der Waals surface area contributed by atoms with Crippen LogP contribution in [0.15, 0.2) is 0 Å². The summed E-state index contributed by atoms with van der Waals surface area (Å²) in [6.07, 6.45) is 0. The Balaban J connectivity index is 4.65. The summed E-state index contributed by atoms with van der Waals surface area (Å²) in [6, 6.07) is 0. The van der Waals surface area contributed by atoms with E-state index in [0.29, 0.717) is 12.5 Å². The summed E-state index contributed by atoms with van der Waals surface area (Å²) in [7, 11) is 1.44. The Morgan fingerprint density at radius 3 is 2.35 bits per heavy atom. The number of nitrogens with one attached hydrogen (secondary N) is 1. The Morgan fingerprint density at radius 2 is 2.00 bits per heavy atom. The monoisotopic (exact) mass is 244 g/mol. The van der Waals surface area contributed by atoms with E-state index in [9.17, 15) is 4.79 Å². The molecule has 0 bridgehead atoms. The highest BCUT2D eigenvalue weighted by Crippen LogP contribution is 2.11. The van der Waals surface area contributed by atoms with Crippen LogP contribution in [0.5, 0.6) is 0 Å². The number of likely N-dealkylation sites (N-methyl/N-ethyl adjacent to an activating group) is 2. The standard InChI is InChI=1S/C13H28N2O2/c1-7-14-13(5,12(16)17-6)10-15(8-2)9-11(3)4/h11,14H,7-10H2,1-6H3. The lowest BCUT2D eigenvalue weighted by atomic mass is 10.0. The molecule has 4 heteroatoms. The van der Waals surface area contributed by atoms with Crippen LogP contribution in [0.2, 0.25) is 0 Å². The van der Waals surface area contributed by atoms with Crippen molar-refractivity contribution in [2.45, 2.75) is 40.2 Å². The average Bonchev–Trinajstić information content (AvgIpc) is 2.26. The lowest BCUT2D eigenvalue weighted by molar-refractivity contribution is -0.148. The van der Waals surface area contributed by atoms with Crippen molar-refractivity contribution in [3.05, 3.63) is 0 Å². The lowest BCUT2D eigenvalue weighted by Crippen LogP contribution is -2.57. The minimum Gasteiger partial charge on any atom is -0.468 e. The third kappa shape index (κ3) is 5.50. The van der Waals surface area contributed by atoms with Crippen LogP contribution in [0.4, 0.5) is 0 Å². The molecule has 0 aromatic rings. The summed E-state index contributed by atoms with van der Waals surface area (Å²) >= 11 is 0. The van der Waals surface area contributed by atoms with Crippen LogP contribution < -0.4 is 5.32 Å². The summed E-state index contributed by atoms with van der Waals surface area (Å²) < 4.78 is 4.89. The molecule has 0 radical (unpaired) electrons. The van der Waals surface area contributed by atoms with Gasteiger partial charge in [0, 0.05) is 13.1 Å². The van der Waals surface area contributed by atoms with Crippen molar-refractivity contribution in [2.75, 3.05) is 33.3 Å². The highest BCUT2D eigenvalue weighted by Gasteiger charge is 2.35. The number of nitrogens with zero attached hydrogens (tertiary/aromatic N) is 1. The summed E-state index contributed by atoms with van der Waals surface area (Å²) in [5, 5.41) is 3.23. The summed E-state index contributed by atoms with van der Waals surface area (Å²) in [4.78, 5) is 14.1. The van der Waals surface area contributed by atoms with E-state index >= 15 is 0 Å². The highest BCUT2D eigenvalue weighted by molar-refractivity contribution is 5.80. The normalized spacial score (nSPS) is 15.1. The van der Waals surface area contributed by atoms with Gasteiger partial charge in [-0.25, -0.2) is 0 Å². The van der Waals surface area contributed by atoms with Gasteiger partial charge in [0.15, 0.2) is 0 Å². The van der Waals surface area contributed by atoms with Crippen LogP contribution in [-0.2, 0) is 9.53 Å². The molecular formula is C13H28N2O2. The quantitative estimate of drug-likeness (QED) is 0.657. The summed E-state index contributed by atoms with van der Waals surface area (Å²) in [6.45, 7) is 13.8. The molecule has 0 spiro atoms. The van der Waals surface area contributed by atoms with Crippen LogP contribution in [0.3, 0.4) is 0 Å². The lowest BCUT2D eigenvalue weighted by Gasteiger charge is -2.34. The summed E-state index contributed by atoms with van der Waals surface area (Å²) in [5.74, 6) is 0.403. The van der Waals surface area contributed by atoms with E-state index in [-0.39, 0.29) is 5.97 Å². The first-order valence-corrected chi connectivity index (χ1v) is 6.45. The van der Waals surface area contributed by atoms with E-state index in [1.54, 1.807) is 0 Å². The smallest absolute Gasteiger partial charge is 0.327 e. The Morgan fingerprint density at radius 1 is 1.41 bits per heavy atom. The molecular weight excluding hydrogens is 216 g/mol. The fourth-order valence-electron chi connectivity index (χ4n) is 2.08. The second kappa shape index (κ2) is 7.67. The molecule has 0 aliphatic heterocycles. The first-order valence-electron chi connectivity index (χ1n) is 6.45. The van der Waals surface area contributed by atoms with Gasteiger partial charge in [0.2, 0.25) is 0 Å². The van der Waals surface area contributed by atoms with Crippen molar-refractivity contribution >= 4 is 5.97 Å². The van der Waals surface area contributed by atoms with Crippen LogP contribution in [0.25, 0.3) is 0 Å². The van der Waals surface area contributed by atoms with Crippen LogP contribution in [0, 0.1) is 5.92 Å². The van der Waals surface area contributed by atoms with Crippen molar-refractivity contribution in [3.8, 4) is 0 Å². The number of carbonyl (C=O) groups excluding carboxylic acids is 1. The van der Waals surface area contributed by atoms with Gasteiger partial charge >= 0.3 is 5.97 Å². The molecule has 0 saturated carbocycles. The molecule has 17 heavy (non-hydrogen) atoms. The molecule has 0 amide bonds. The maximum absolute atomic E-state index is 11.8. The van der Waals surface area contributed by atoms with E-state index in [0.717, 1.165) is 19.6 Å². The molecule has 0 aromatic carbocycles. The van der Waals surface area contributed by atoms with E-state index < -0.39 is 5.54 Å². The van der Waals surface area contributed by atoms with Gasteiger partial charge in [-0.3, -0.25) is 4.79 Å². The van der Waals surface area contributed by atoms with E-state index in [1.807, 2.05) is 13.8 Å². The second-order valence-corrected chi connectivity index (χ2v) is 5.08. The largest absolute Gasteiger partial charge is 0.468 e. The van der Waals surface area contributed by atoms with Crippen molar-refractivity contribution in [1.29, 1.82) is 0 Å². The minimum atomic E-state index is -0.617. The Bertz CT molecular complexity index is 231. The highest BCUT2D eigenvalue weighted by atomic mass is 16.5. The molecule has 0 rings (SSSR count). The first kappa shape index (κ1) is 16.4. The van der Waals surface area contributed by atoms with E-state index in [2.05, 4.69) is 31.0 Å². The predicted octanol–water partition coefficient (Wildman–Crippen LogP) is 1.51. The molecule has 4 nitrogen and oxygen atoms in total. The average molecular weight is 244 g/mol. The first-order chi connectivity index (χ1) is 7.89. The number of carbonyl (C=O) groups is 1. The van der Waals surface area contributed by atoms with Crippen molar-refractivity contribution < 1.29 is 9.53 Å². The molecule has 102 valence electrons. The number of methoxy groups -OCH3 is 1. The maximum atomic E-state index is 11.8. The number of esters is 1.